The fourth-order valence-corrected chi connectivity index (χ4v) is 3.72. The molecule has 1 nitrogen and oxygen atoms in total. The van der Waals surface area contributed by atoms with Crippen LogP contribution >= 0.6 is 0 Å². The Morgan fingerprint density at radius 1 is 0.808 bits per heavy atom. The average molecular weight is 373 g/mol. The third kappa shape index (κ3) is 9.07. The van der Waals surface area contributed by atoms with Crippen molar-refractivity contribution in [1.82, 2.24) is 0 Å². The highest BCUT2D eigenvalue weighted by molar-refractivity contribution is 5.13. The van der Waals surface area contributed by atoms with Crippen LogP contribution in [-0.4, -0.2) is 30.8 Å². The Morgan fingerprint density at radius 2 is 1.31 bits per heavy atom. The van der Waals surface area contributed by atoms with E-state index in [1.807, 2.05) is 30.3 Å². The zero-order valence-electron chi connectivity index (χ0n) is 16.8. The van der Waals surface area contributed by atoms with Crippen LogP contribution in [0.1, 0.15) is 76.7 Å². The molecule has 26 heavy (non-hydrogen) atoms. The van der Waals surface area contributed by atoms with Gasteiger partial charge in [-0.1, -0.05) is 88.6 Å². The molecule has 150 valence electrons. The number of quaternary nitrogens is 1. The number of hydrogen-bond donors (Lipinski definition) is 0. The molecule has 1 atom stereocenters. The van der Waals surface area contributed by atoms with Gasteiger partial charge in [-0.15, -0.1) is 0 Å². The minimum Gasteiger partial charge on any atom is -0.315 e. The topological polar surface area (TPSA) is 0 Å². The molecule has 0 aliphatic rings. The monoisotopic (exact) mass is 372 g/mol. The summed E-state index contributed by atoms with van der Waals surface area (Å²) in [5, 5.41) is 0. The first-order chi connectivity index (χ1) is 12.3. The molecule has 0 heterocycles. The molecule has 1 unspecified atom stereocenters. The van der Waals surface area contributed by atoms with E-state index in [2.05, 4.69) is 6.92 Å². The highest BCUT2D eigenvalue weighted by Gasteiger charge is 2.49. The van der Waals surface area contributed by atoms with Gasteiger partial charge in [0.25, 0.3) is 0 Å². The molecule has 0 aromatic heterocycles. The minimum atomic E-state index is -4.15. The number of hydrogen-bond acceptors (Lipinski definition) is 0. The lowest BCUT2D eigenvalue weighted by Gasteiger charge is -2.39. The lowest BCUT2D eigenvalue weighted by Crippen LogP contribution is -2.55. The van der Waals surface area contributed by atoms with Crippen LogP contribution in [0.4, 0.5) is 13.2 Å². The third-order valence-corrected chi connectivity index (χ3v) is 5.24. The quantitative estimate of drug-likeness (QED) is 0.255. The molecule has 0 bridgehead atoms. The zero-order chi connectivity index (χ0) is 19.5. The first-order valence-electron chi connectivity index (χ1n) is 10.2. The molecule has 0 spiro atoms. The maximum absolute atomic E-state index is 13.7. The fourth-order valence-electron chi connectivity index (χ4n) is 3.72. The van der Waals surface area contributed by atoms with E-state index in [0.29, 0.717) is 13.0 Å². The molecule has 0 aliphatic heterocycles. The zero-order valence-corrected chi connectivity index (χ0v) is 16.8. The Bertz CT molecular complexity index is 468. The molecule has 0 amide bonds. The van der Waals surface area contributed by atoms with E-state index in [0.717, 1.165) is 24.8 Å². The minimum absolute atomic E-state index is 0.0372. The second kappa shape index (κ2) is 11.6. The molecule has 0 aliphatic carbocycles. The van der Waals surface area contributed by atoms with Crippen molar-refractivity contribution in [2.45, 2.75) is 89.9 Å². The Morgan fingerprint density at radius 3 is 1.81 bits per heavy atom. The molecule has 0 N–H and O–H groups in total. The highest BCUT2D eigenvalue weighted by Crippen LogP contribution is 2.33. The van der Waals surface area contributed by atoms with Crippen LogP contribution in [0, 0.1) is 0 Å². The molecular formula is C22H37F3N+. The van der Waals surface area contributed by atoms with Crippen molar-refractivity contribution in [3.05, 3.63) is 35.9 Å². The molecule has 0 saturated heterocycles. The van der Waals surface area contributed by atoms with Crippen molar-refractivity contribution in [2.75, 3.05) is 14.1 Å². The van der Waals surface area contributed by atoms with Gasteiger partial charge in [-0.3, -0.25) is 0 Å². The van der Waals surface area contributed by atoms with Gasteiger partial charge in [0.1, 0.15) is 6.54 Å². The van der Waals surface area contributed by atoms with Crippen LogP contribution in [0.5, 0.6) is 0 Å². The van der Waals surface area contributed by atoms with Crippen LogP contribution < -0.4 is 0 Å². The molecule has 0 saturated carbocycles. The third-order valence-electron chi connectivity index (χ3n) is 5.24. The van der Waals surface area contributed by atoms with Gasteiger partial charge < -0.3 is 4.48 Å². The Hall–Kier alpha value is -1.03. The number of alkyl halides is 3. The van der Waals surface area contributed by atoms with Crippen LogP contribution in [0.15, 0.2) is 30.3 Å². The van der Waals surface area contributed by atoms with Crippen LogP contribution in [0.3, 0.4) is 0 Å². The lowest BCUT2D eigenvalue weighted by molar-refractivity contribution is -0.939. The molecule has 0 fully saturated rings. The van der Waals surface area contributed by atoms with Crippen LogP contribution in [-0.2, 0) is 6.54 Å². The Balaban J connectivity index is 2.42. The number of rotatable bonds is 13. The number of halogens is 3. The summed E-state index contributed by atoms with van der Waals surface area (Å²) in [4.78, 5) is 0. The van der Waals surface area contributed by atoms with Crippen molar-refractivity contribution >= 4 is 0 Å². The normalized spacial score (nSPS) is 13.8. The van der Waals surface area contributed by atoms with Gasteiger partial charge in [-0.25, -0.2) is 0 Å². The SMILES string of the molecule is CCCCCCCCCCCC(C(F)(F)F)[N+](C)(C)Cc1ccccc1. The van der Waals surface area contributed by atoms with Crippen molar-refractivity contribution < 1.29 is 17.7 Å². The number of benzene rings is 1. The van der Waals surface area contributed by atoms with E-state index >= 15 is 0 Å². The van der Waals surface area contributed by atoms with E-state index < -0.39 is 12.2 Å². The maximum atomic E-state index is 13.7. The van der Waals surface area contributed by atoms with Gasteiger partial charge in [-0.2, -0.15) is 13.2 Å². The van der Waals surface area contributed by atoms with E-state index in [9.17, 15) is 13.2 Å². The van der Waals surface area contributed by atoms with E-state index in [1.165, 1.54) is 32.1 Å². The smallest absolute Gasteiger partial charge is 0.315 e. The summed E-state index contributed by atoms with van der Waals surface area (Å²) in [6.45, 7) is 2.61. The van der Waals surface area contributed by atoms with Crippen molar-refractivity contribution in [3.8, 4) is 0 Å². The summed E-state index contributed by atoms with van der Waals surface area (Å²) in [6, 6.07) is 8.19. The summed E-state index contributed by atoms with van der Waals surface area (Å²) < 4.78 is 40.9. The fraction of sp³-hybridized carbons (Fsp3) is 0.727. The van der Waals surface area contributed by atoms with Gasteiger partial charge in [0.15, 0.2) is 6.04 Å². The van der Waals surface area contributed by atoms with Crippen LogP contribution in [0.25, 0.3) is 0 Å². The molecule has 1 aromatic carbocycles. The molecule has 4 heteroatoms. The molecule has 1 aromatic rings. The van der Waals surface area contributed by atoms with Gasteiger partial charge in [0.05, 0.1) is 14.1 Å². The summed E-state index contributed by atoms with van der Waals surface area (Å²) in [7, 11) is 3.41. The van der Waals surface area contributed by atoms with Crippen LogP contribution in [0.2, 0.25) is 0 Å². The maximum Gasteiger partial charge on any atom is 0.441 e. The number of unbranched alkanes of at least 4 members (excludes halogenated alkanes) is 8. The summed E-state index contributed by atoms with van der Waals surface area (Å²) in [5.41, 5.74) is 0.957. The predicted octanol–water partition coefficient (Wildman–Crippen LogP) is 7.11. The Labute approximate surface area is 158 Å². The van der Waals surface area contributed by atoms with E-state index in [4.69, 9.17) is 0 Å². The van der Waals surface area contributed by atoms with Crippen molar-refractivity contribution in [1.29, 1.82) is 0 Å². The summed E-state index contributed by atoms with van der Waals surface area (Å²) in [6.07, 6.45) is 6.16. The molecule has 0 radical (unpaired) electrons. The van der Waals surface area contributed by atoms with Crippen molar-refractivity contribution in [2.24, 2.45) is 0 Å². The number of nitrogens with zero attached hydrogens (tertiary/aromatic N) is 1. The lowest BCUT2D eigenvalue weighted by atomic mass is 10.0. The highest BCUT2D eigenvalue weighted by atomic mass is 19.4. The summed E-state index contributed by atoms with van der Waals surface area (Å²) >= 11 is 0. The van der Waals surface area contributed by atoms with E-state index in [-0.39, 0.29) is 10.9 Å². The second-order valence-electron chi connectivity index (χ2n) is 8.10. The first-order valence-corrected chi connectivity index (χ1v) is 10.2. The standard InChI is InChI=1S/C22H37F3N/c1-4-5-6-7-8-9-10-11-15-18-21(22(23,24)25)26(2,3)19-20-16-13-12-14-17-20/h12-14,16-17,21H,4-11,15,18-19H2,1-3H3/q+1. The van der Waals surface area contributed by atoms with Gasteiger partial charge >= 0.3 is 6.18 Å². The second-order valence-corrected chi connectivity index (χ2v) is 8.10. The average Bonchev–Trinajstić information content (AvgIpc) is 2.55. The van der Waals surface area contributed by atoms with Gasteiger partial charge in [0, 0.05) is 12.0 Å². The molecule has 1 rings (SSSR count). The largest absolute Gasteiger partial charge is 0.441 e. The van der Waals surface area contributed by atoms with Crippen molar-refractivity contribution in [3.63, 3.8) is 0 Å². The van der Waals surface area contributed by atoms with E-state index in [1.54, 1.807) is 14.1 Å². The predicted molar refractivity (Wildman–Crippen MR) is 104 cm³/mol. The molecular weight excluding hydrogens is 335 g/mol. The Kier molecular flexibility index (Phi) is 10.3. The summed E-state index contributed by atoms with van der Waals surface area (Å²) in [5.74, 6) is 0. The van der Waals surface area contributed by atoms with Gasteiger partial charge in [0.2, 0.25) is 0 Å². The first kappa shape index (κ1) is 23.0. The van der Waals surface area contributed by atoms with Gasteiger partial charge in [-0.05, 0) is 6.42 Å².